The maximum Gasteiger partial charge on any atom is 0.247 e. The first kappa shape index (κ1) is 20.2. The van der Waals surface area contributed by atoms with Crippen LogP contribution in [-0.4, -0.2) is 27.5 Å². The molecule has 7 heteroatoms. The molecule has 0 radical (unpaired) electrons. The van der Waals surface area contributed by atoms with Gasteiger partial charge in [0.1, 0.15) is 12.4 Å². The molecule has 0 aliphatic carbocycles. The average Bonchev–Trinajstić information content (AvgIpc) is 2.95. The third-order valence-corrected chi connectivity index (χ3v) is 5.54. The normalized spacial score (nSPS) is 14.5. The number of ether oxygens (including phenoxy) is 2. The SMILES string of the molecule is C=CCOc1ccc([C@@H]2Nc3ccccc3-c3nnc(SCCCC)nc3O2)cc1. The van der Waals surface area contributed by atoms with Crippen LogP contribution in [0.5, 0.6) is 11.6 Å². The third-order valence-electron chi connectivity index (χ3n) is 4.61. The summed E-state index contributed by atoms with van der Waals surface area (Å²) < 4.78 is 11.9. The molecule has 1 aliphatic heterocycles. The lowest BCUT2D eigenvalue weighted by Gasteiger charge is -2.19. The summed E-state index contributed by atoms with van der Waals surface area (Å²) in [5.41, 5.74) is 3.45. The van der Waals surface area contributed by atoms with Gasteiger partial charge in [-0.25, -0.2) is 0 Å². The summed E-state index contributed by atoms with van der Waals surface area (Å²) in [5.74, 6) is 2.23. The number of anilines is 1. The second kappa shape index (κ2) is 9.63. The van der Waals surface area contributed by atoms with E-state index < -0.39 is 6.23 Å². The quantitative estimate of drug-likeness (QED) is 0.293. The first-order chi connectivity index (χ1) is 14.8. The summed E-state index contributed by atoms with van der Waals surface area (Å²) in [6, 6.07) is 15.8. The molecule has 1 atom stereocenters. The van der Waals surface area contributed by atoms with E-state index in [4.69, 9.17) is 9.47 Å². The summed E-state index contributed by atoms with van der Waals surface area (Å²) >= 11 is 1.60. The van der Waals surface area contributed by atoms with Gasteiger partial charge < -0.3 is 14.8 Å². The van der Waals surface area contributed by atoms with E-state index in [0.29, 0.717) is 23.3 Å². The Morgan fingerprint density at radius 2 is 2.00 bits per heavy atom. The van der Waals surface area contributed by atoms with Crippen LogP contribution in [-0.2, 0) is 0 Å². The number of rotatable bonds is 8. The van der Waals surface area contributed by atoms with Crippen molar-refractivity contribution in [2.24, 2.45) is 0 Å². The molecule has 6 nitrogen and oxygen atoms in total. The summed E-state index contributed by atoms with van der Waals surface area (Å²) in [6.45, 7) is 6.31. The Bertz CT molecular complexity index is 1010. The van der Waals surface area contributed by atoms with Gasteiger partial charge in [0.05, 0.1) is 0 Å². The van der Waals surface area contributed by atoms with Crippen molar-refractivity contribution in [1.29, 1.82) is 0 Å². The van der Waals surface area contributed by atoms with Gasteiger partial charge in [-0.05, 0) is 36.8 Å². The zero-order valence-corrected chi connectivity index (χ0v) is 17.7. The predicted octanol–water partition coefficient (Wildman–Crippen LogP) is 5.50. The Morgan fingerprint density at radius 3 is 2.80 bits per heavy atom. The van der Waals surface area contributed by atoms with Crippen LogP contribution >= 0.6 is 11.8 Å². The number of thioether (sulfide) groups is 1. The number of fused-ring (bicyclic) bond motifs is 3. The zero-order chi connectivity index (χ0) is 20.8. The Kier molecular flexibility index (Phi) is 6.49. The van der Waals surface area contributed by atoms with Crippen molar-refractivity contribution in [3.8, 4) is 22.9 Å². The van der Waals surface area contributed by atoms with Crippen LogP contribution in [0.1, 0.15) is 31.6 Å². The molecule has 0 spiro atoms. The standard InChI is InChI=1S/C23H24N4O2S/c1-3-5-15-30-23-25-22-20(26-27-23)18-8-6-7-9-19(18)24-21(29-22)16-10-12-17(13-11-16)28-14-4-2/h4,6-13,21,24H,2-3,5,14-15H2,1H3/t21-/m1/s1. The number of benzene rings is 2. The highest BCUT2D eigenvalue weighted by molar-refractivity contribution is 7.99. The van der Waals surface area contributed by atoms with E-state index in [1.54, 1.807) is 17.8 Å². The van der Waals surface area contributed by atoms with E-state index >= 15 is 0 Å². The van der Waals surface area contributed by atoms with Crippen molar-refractivity contribution in [2.45, 2.75) is 31.1 Å². The zero-order valence-electron chi connectivity index (χ0n) is 16.9. The van der Waals surface area contributed by atoms with E-state index in [2.05, 4.69) is 34.0 Å². The number of aromatic nitrogens is 3. The average molecular weight is 421 g/mol. The first-order valence-corrected chi connectivity index (χ1v) is 11.0. The van der Waals surface area contributed by atoms with E-state index in [-0.39, 0.29) is 0 Å². The molecule has 30 heavy (non-hydrogen) atoms. The van der Waals surface area contributed by atoms with E-state index in [9.17, 15) is 0 Å². The van der Waals surface area contributed by atoms with Crippen LogP contribution in [0.2, 0.25) is 0 Å². The van der Waals surface area contributed by atoms with E-state index in [1.807, 2.05) is 48.5 Å². The lowest BCUT2D eigenvalue weighted by Crippen LogP contribution is -2.17. The van der Waals surface area contributed by atoms with Crippen molar-refractivity contribution in [3.63, 3.8) is 0 Å². The van der Waals surface area contributed by atoms with Crippen molar-refractivity contribution >= 4 is 17.4 Å². The molecular weight excluding hydrogens is 396 g/mol. The van der Waals surface area contributed by atoms with Crippen LogP contribution in [0.4, 0.5) is 5.69 Å². The van der Waals surface area contributed by atoms with Crippen molar-refractivity contribution in [3.05, 3.63) is 66.7 Å². The predicted molar refractivity (Wildman–Crippen MR) is 120 cm³/mol. The monoisotopic (exact) mass is 420 g/mol. The van der Waals surface area contributed by atoms with Gasteiger partial charge in [-0.15, -0.1) is 10.2 Å². The number of hydrogen-bond acceptors (Lipinski definition) is 7. The minimum Gasteiger partial charge on any atom is -0.490 e. The van der Waals surface area contributed by atoms with Gasteiger partial charge in [-0.2, -0.15) is 4.98 Å². The molecule has 2 aromatic carbocycles. The summed E-state index contributed by atoms with van der Waals surface area (Å²) in [7, 11) is 0. The van der Waals surface area contributed by atoms with Crippen molar-refractivity contribution in [1.82, 2.24) is 15.2 Å². The van der Waals surface area contributed by atoms with Crippen LogP contribution in [0.15, 0.2) is 66.3 Å². The number of nitrogens with zero attached hydrogens (tertiary/aromatic N) is 3. The minimum atomic E-state index is -0.411. The molecule has 2 heterocycles. The first-order valence-electron chi connectivity index (χ1n) is 10.0. The van der Waals surface area contributed by atoms with Crippen molar-refractivity contribution in [2.75, 3.05) is 17.7 Å². The highest BCUT2D eigenvalue weighted by Gasteiger charge is 2.26. The second-order valence-electron chi connectivity index (χ2n) is 6.81. The Balaban J connectivity index is 1.65. The highest BCUT2D eigenvalue weighted by atomic mass is 32.2. The topological polar surface area (TPSA) is 69.2 Å². The van der Waals surface area contributed by atoms with Gasteiger partial charge in [-0.3, -0.25) is 0 Å². The van der Waals surface area contributed by atoms with Gasteiger partial charge in [0, 0.05) is 22.6 Å². The highest BCUT2D eigenvalue weighted by Crippen LogP contribution is 2.39. The van der Waals surface area contributed by atoms with Gasteiger partial charge in [0.2, 0.25) is 11.0 Å². The number of nitrogens with one attached hydrogen (secondary N) is 1. The molecule has 4 rings (SSSR count). The maximum absolute atomic E-state index is 6.30. The molecule has 0 bridgehead atoms. The molecule has 154 valence electrons. The maximum atomic E-state index is 6.30. The fourth-order valence-corrected chi connectivity index (χ4v) is 3.92. The second-order valence-corrected chi connectivity index (χ2v) is 7.87. The fourth-order valence-electron chi connectivity index (χ4n) is 3.06. The lowest BCUT2D eigenvalue weighted by molar-refractivity contribution is 0.225. The largest absolute Gasteiger partial charge is 0.490 e. The molecule has 0 unspecified atom stereocenters. The van der Waals surface area contributed by atoms with Gasteiger partial charge in [-0.1, -0.05) is 56.0 Å². The smallest absolute Gasteiger partial charge is 0.247 e. The number of hydrogen-bond donors (Lipinski definition) is 1. The summed E-state index contributed by atoms with van der Waals surface area (Å²) in [6.07, 6.45) is 3.55. The van der Waals surface area contributed by atoms with Crippen LogP contribution in [0.3, 0.4) is 0 Å². The molecule has 0 fully saturated rings. The van der Waals surface area contributed by atoms with Gasteiger partial charge in [0.25, 0.3) is 0 Å². The molecular formula is C23H24N4O2S. The van der Waals surface area contributed by atoms with Crippen LogP contribution < -0.4 is 14.8 Å². The van der Waals surface area contributed by atoms with Crippen LogP contribution in [0, 0.1) is 0 Å². The molecule has 1 N–H and O–H groups in total. The Labute approximate surface area is 180 Å². The van der Waals surface area contributed by atoms with E-state index in [0.717, 1.165) is 41.2 Å². The van der Waals surface area contributed by atoms with E-state index in [1.165, 1.54) is 0 Å². The number of para-hydroxylation sites is 1. The van der Waals surface area contributed by atoms with Gasteiger partial charge >= 0.3 is 0 Å². The summed E-state index contributed by atoms with van der Waals surface area (Å²) in [4.78, 5) is 4.67. The fraction of sp³-hybridized carbons (Fsp3) is 0.261. The molecule has 1 aliphatic rings. The molecule has 0 saturated carbocycles. The third kappa shape index (κ3) is 4.57. The molecule has 0 saturated heterocycles. The molecule has 1 aromatic heterocycles. The Morgan fingerprint density at radius 1 is 1.17 bits per heavy atom. The number of unbranched alkanes of at least 4 members (excludes halogenated alkanes) is 1. The Hall–Kier alpha value is -3.06. The lowest BCUT2D eigenvalue weighted by atomic mass is 10.1. The van der Waals surface area contributed by atoms with Gasteiger partial charge in [0.15, 0.2) is 11.9 Å². The van der Waals surface area contributed by atoms with Crippen molar-refractivity contribution < 1.29 is 9.47 Å². The summed E-state index contributed by atoms with van der Waals surface area (Å²) in [5, 5.41) is 12.9. The van der Waals surface area contributed by atoms with Crippen LogP contribution in [0.25, 0.3) is 11.3 Å². The minimum absolute atomic E-state index is 0.411. The molecule has 3 aromatic rings. The molecule has 0 amide bonds.